The quantitative estimate of drug-likeness (QED) is 0.850. The minimum absolute atomic E-state index is 0.0730. The number of aryl methyl sites for hydroxylation is 1. The molecule has 138 valence electrons. The number of likely N-dealkylation sites (tertiary alicyclic amines) is 1. The van der Waals surface area contributed by atoms with Gasteiger partial charge in [0.15, 0.2) is 0 Å². The smallest absolute Gasteiger partial charge is 0.314 e. The highest BCUT2D eigenvalue weighted by Crippen LogP contribution is 2.35. The second kappa shape index (κ2) is 6.87. The molecule has 0 radical (unpaired) electrons. The summed E-state index contributed by atoms with van der Waals surface area (Å²) in [5.74, 6) is -2.03. The van der Waals surface area contributed by atoms with Crippen molar-refractivity contribution in [3.05, 3.63) is 53.9 Å². The SMILES string of the molecule is Cn1cncc1C(=O)N1CC[C@H](O)[C@](Cc2cccc(F)c2)(C(=O)O)C1. The largest absolute Gasteiger partial charge is 0.481 e. The zero-order valence-electron chi connectivity index (χ0n) is 14.3. The number of hydrogen-bond donors (Lipinski definition) is 2. The van der Waals surface area contributed by atoms with E-state index in [1.165, 1.54) is 35.6 Å². The first kappa shape index (κ1) is 18.1. The lowest BCUT2D eigenvalue weighted by molar-refractivity contribution is -0.161. The number of carbonyl (C=O) groups excluding carboxylic acids is 1. The van der Waals surface area contributed by atoms with Crippen LogP contribution in [0.1, 0.15) is 22.5 Å². The molecule has 2 aromatic rings. The van der Waals surface area contributed by atoms with Gasteiger partial charge in [-0.2, -0.15) is 0 Å². The molecule has 0 bridgehead atoms. The number of imidazole rings is 1. The van der Waals surface area contributed by atoms with Crippen LogP contribution in [0, 0.1) is 11.2 Å². The molecule has 1 amide bonds. The van der Waals surface area contributed by atoms with Crippen LogP contribution in [0.5, 0.6) is 0 Å². The molecule has 0 spiro atoms. The number of carboxylic acid groups (broad SMARTS) is 1. The van der Waals surface area contributed by atoms with Crippen LogP contribution in [0.2, 0.25) is 0 Å². The zero-order chi connectivity index (χ0) is 18.9. The van der Waals surface area contributed by atoms with Gasteiger partial charge in [0.1, 0.15) is 16.9 Å². The molecule has 1 saturated heterocycles. The van der Waals surface area contributed by atoms with Crippen LogP contribution in [-0.4, -0.2) is 55.7 Å². The molecular formula is C18H20FN3O4. The van der Waals surface area contributed by atoms with Crippen LogP contribution in [0.4, 0.5) is 4.39 Å². The Morgan fingerprint density at radius 1 is 1.42 bits per heavy atom. The van der Waals surface area contributed by atoms with E-state index in [1.54, 1.807) is 17.7 Å². The fraction of sp³-hybridized carbons (Fsp3) is 0.389. The fourth-order valence-electron chi connectivity index (χ4n) is 3.45. The molecule has 26 heavy (non-hydrogen) atoms. The number of carbonyl (C=O) groups is 2. The first-order valence-corrected chi connectivity index (χ1v) is 8.25. The Kier molecular flexibility index (Phi) is 4.78. The Morgan fingerprint density at radius 3 is 2.81 bits per heavy atom. The number of hydrogen-bond acceptors (Lipinski definition) is 4. The van der Waals surface area contributed by atoms with Crippen LogP contribution in [0.3, 0.4) is 0 Å². The van der Waals surface area contributed by atoms with E-state index in [4.69, 9.17) is 0 Å². The lowest BCUT2D eigenvalue weighted by Gasteiger charge is -2.43. The molecule has 7 nitrogen and oxygen atoms in total. The van der Waals surface area contributed by atoms with Crippen molar-refractivity contribution in [1.82, 2.24) is 14.5 Å². The Bertz CT molecular complexity index is 837. The van der Waals surface area contributed by atoms with Crippen LogP contribution in [0.15, 0.2) is 36.8 Å². The van der Waals surface area contributed by atoms with Crippen molar-refractivity contribution in [1.29, 1.82) is 0 Å². The lowest BCUT2D eigenvalue weighted by Crippen LogP contribution is -2.58. The topological polar surface area (TPSA) is 95.7 Å². The number of aromatic nitrogens is 2. The first-order valence-electron chi connectivity index (χ1n) is 8.25. The van der Waals surface area contributed by atoms with Crippen molar-refractivity contribution in [2.24, 2.45) is 12.5 Å². The highest BCUT2D eigenvalue weighted by molar-refractivity contribution is 5.93. The minimum Gasteiger partial charge on any atom is -0.481 e. The van der Waals surface area contributed by atoms with E-state index >= 15 is 0 Å². The summed E-state index contributed by atoms with van der Waals surface area (Å²) in [5.41, 5.74) is -0.798. The van der Waals surface area contributed by atoms with Crippen molar-refractivity contribution < 1.29 is 24.2 Å². The van der Waals surface area contributed by atoms with E-state index < -0.39 is 23.3 Å². The highest BCUT2D eigenvalue weighted by Gasteiger charge is 2.50. The molecule has 1 aliphatic heterocycles. The summed E-state index contributed by atoms with van der Waals surface area (Å²) in [4.78, 5) is 30.1. The molecule has 2 heterocycles. The predicted octanol–water partition coefficient (Wildman–Crippen LogP) is 1.08. The van der Waals surface area contributed by atoms with Gasteiger partial charge in [-0.1, -0.05) is 12.1 Å². The molecule has 1 aromatic carbocycles. The van der Waals surface area contributed by atoms with E-state index in [2.05, 4.69) is 4.98 Å². The van der Waals surface area contributed by atoms with Crippen LogP contribution in [0.25, 0.3) is 0 Å². The van der Waals surface area contributed by atoms with E-state index in [0.29, 0.717) is 11.3 Å². The van der Waals surface area contributed by atoms with Crippen LogP contribution >= 0.6 is 0 Å². The van der Waals surface area contributed by atoms with Gasteiger partial charge in [0, 0.05) is 20.1 Å². The van der Waals surface area contributed by atoms with Crippen LogP contribution < -0.4 is 0 Å². The molecule has 1 aliphatic rings. The maximum atomic E-state index is 13.5. The summed E-state index contributed by atoms with van der Waals surface area (Å²) >= 11 is 0. The van der Waals surface area contributed by atoms with Gasteiger partial charge >= 0.3 is 5.97 Å². The second-order valence-corrected chi connectivity index (χ2v) is 6.69. The Labute approximate surface area is 149 Å². The summed E-state index contributed by atoms with van der Waals surface area (Å²) in [6.07, 6.45) is 1.83. The third kappa shape index (κ3) is 3.20. The normalized spacial score (nSPS) is 23.0. The van der Waals surface area contributed by atoms with Crippen molar-refractivity contribution in [3.8, 4) is 0 Å². The third-order valence-corrected chi connectivity index (χ3v) is 4.94. The van der Waals surface area contributed by atoms with Crippen molar-refractivity contribution >= 4 is 11.9 Å². The monoisotopic (exact) mass is 361 g/mol. The van der Waals surface area contributed by atoms with Gasteiger partial charge < -0.3 is 19.7 Å². The van der Waals surface area contributed by atoms with Crippen molar-refractivity contribution in [3.63, 3.8) is 0 Å². The summed E-state index contributed by atoms with van der Waals surface area (Å²) in [6, 6.07) is 5.63. The number of nitrogens with zero attached hydrogens (tertiary/aromatic N) is 3. The molecule has 1 fully saturated rings. The third-order valence-electron chi connectivity index (χ3n) is 4.94. The Hall–Kier alpha value is -2.74. The summed E-state index contributed by atoms with van der Waals surface area (Å²) in [5, 5.41) is 20.3. The van der Waals surface area contributed by atoms with Gasteiger partial charge in [-0.3, -0.25) is 9.59 Å². The summed E-state index contributed by atoms with van der Waals surface area (Å²) in [7, 11) is 1.68. The number of rotatable bonds is 4. The molecule has 0 aliphatic carbocycles. The number of amides is 1. The summed E-state index contributed by atoms with van der Waals surface area (Å²) < 4.78 is 15.1. The predicted molar refractivity (Wildman–Crippen MR) is 89.9 cm³/mol. The number of piperidine rings is 1. The van der Waals surface area contributed by atoms with Crippen LogP contribution in [-0.2, 0) is 18.3 Å². The maximum absolute atomic E-state index is 13.5. The lowest BCUT2D eigenvalue weighted by atomic mass is 9.72. The van der Waals surface area contributed by atoms with Gasteiger partial charge in [0.2, 0.25) is 0 Å². The van der Waals surface area contributed by atoms with Crippen molar-refractivity contribution in [2.75, 3.05) is 13.1 Å². The van der Waals surface area contributed by atoms with E-state index in [0.717, 1.165) is 0 Å². The maximum Gasteiger partial charge on any atom is 0.314 e. The van der Waals surface area contributed by atoms with E-state index in [9.17, 15) is 24.2 Å². The average Bonchev–Trinajstić information content (AvgIpc) is 3.02. The number of aliphatic carboxylic acids is 1. The first-order chi connectivity index (χ1) is 12.3. The molecule has 0 unspecified atom stereocenters. The minimum atomic E-state index is -1.60. The van der Waals surface area contributed by atoms with Crippen molar-refractivity contribution in [2.45, 2.75) is 18.9 Å². The second-order valence-electron chi connectivity index (χ2n) is 6.69. The Morgan fingerprint density at radius 2 is 2.19 bits per heavy atom. The van der Waals surface area contributed by atoms with E-state index in [-0.39, 0.29) is 31.8 Å². The van der Waals surface area contributed by atoms with Gasteiger partial charge in [0.05, 0.1) is 18.6 Å². The number of halogens is 1. The standard InChI is InChI=1S/C18H20FN3O4/c1-21-11-20-9-14(21)16(24)22-6-5-15(23)18(10-22,17(25)26)8-12-3-2-4-13(19)7-12/h2-4,7,9,11,15,23H,5-6,8,10H2,1H3,(H,25,26)/t15-,18+/m0/s1. The number of benzene rings is 1. The Balaban J connectivity index is 1.91. The molecular weight excluding hydrogens is 341 g/mol. The molecule has 8 heteroatoms. The molecule has 3 rings (SSSR count). The zero-order valence-corrected chi connectivity index (χ0v) is 14.3. The number of aliphatic hydroxyl groups excluding tert-OH is 1. The molecule has 1 aromatic heterocycles. The average molecular weight is 361 g/mol. The molecule has 2 atom stereocenters. The highest BCUT2D eigenvalue weighted by atomic mass is 19.1. The number of carboxylic acids is 1. The molecule has 2 N–H and O–H groups in total. The van der Waals surface area contributed by atoms with Gasteiger partial charge in [-0.05, 0) is 30.5 Å². The van der Waals surface area contributed by atoms with E-state index in [1.807, 2.05) is 0 Å². The fourth-order valence-corrected chi connectivity index (χ4v) is 3.45. The molecule has 0 saturated carbocycles. The van der Waals surface area contributed by atoms with Gasteiger partial charge in [0.25, 0.3) is 5.91 Å². The number of aliphatic hydroxyl groups is 1. The van der Waals surface area contributed by atoms with Gasteiger partial charge in [-0.15, -0.1) is 0 Å². The summed E-state index contributed by atoms with van der Waals surface area (Å²) in [6.45, 7) is 0.0768. The van der Waals surface area contributed by atoms with Gasteiger partial charge in [-0.25, -0.2) is 9.37 Å².